The van der Waals surface area contributed by atoms with Gasteiger partial charge in [-0.3, -0.25) is 70.0 Å². The summed E-state index contributed by atoms with van der Waals surface area (Å²) in [6.45, 7) is 19.1. The fraction of sp³-hybridized carbons (Fsp3) is 0.327. The van der Waals surface area contributed by atoms with Crippen LogP contribution in [-0.2, 0) is 145 Å². The molecule has 0 saturated heterocycles. The first-order valence-corrected chi connectivity index (χ1v) is 60.3. The number of benzene rings is 8. The summed E-state index contributed by atoms with van der Waals surface area (Å²) in [5, 5.41) is 0. The maximum atomic E-state index is 12.5. The van der Waals surface area contributed by atoms with E-state index in [1.54, 1.807) is 117 Å². The van der Waals surface area contributed by atoms with Gasteiger partial charge in [0.05, 0.1) is 123 Å². The number of aromatic nitrogens is 14. The molecule has 0 fully saturated rings. The zero-order chi connectivity index (χ0) is 107. The second-order valence-electron chi connectivity index (χ2n) is 33.4. The molecule has 7 heterocycles. The monoisotopic (exact) mass is 2150 g/mol. The number of hydrogen-bond acceptors (Lipinski definition) is 28. The summed E-state index contributed by atoms with van der Waals surface area (Å²) in [6, 6.07) is 60.5. The van der Waals surface area contributed by atoms with E-state index in [1.807, 2.05) is 183 Å². The Hall–Kier alpha value is -12.0. The Bertz CT molecular complexity index is 7950. The van der Waals surface area contributed by atoms with Gasteiger partial charge in [0, 0.05) is 144 Å². The molecule has 7 aromatic heterocycles. The van der Waals surface area contributed by atoms with E-state index in [1.165, 1.54) is 60.8 Å². The number of nitrogens with zero attached hydrogens (tertiary/aromatic N) is 14. The van der Waals surface area contributed by atoms with Crippen molar-refractivity contribution < 1.29 is 83.4 Å². The maximum absolute atomic E-state index is 12.5. The van der Waals surface area contributed by atoms with Gasteiger partial charge < -0.3 is 78.9 Å². The van der Waals surface area contributed by atoms with E-state index < -0.39 is 59.1 Å². The first-order valence-electron chi connectivity index (χ1n) is 46.2. The van der Waals surface area contributed by atoms with Gasteiger partial charge in [-0.15, -0.1) is 0 Å². The molecule has 0 bridgehead atoms. The first-order chi connectivity index (χ1) is 69.0. The number of hydrogen-bond donors (Lipinski definition) is 4. The number of aryl methyl sites for hydroxylation is 12. The third-order valence-corrected chi connectivity index (χ3v) is 31.8. The molecule has 0 aliphatic rings. The largest absolute Gasteiger partial charge is 0.467 e. The summed E-state index contributed by atoms with van der Waals surface area (Å²) in [6.07, 6.45) is 4.19. The number of ether oxygens (including phenoxy) is 1. The van der Waals surface area contributed by atoms with Gasteiger partial charge in [0.25, 0.3) is 38.9 Å². The van der Waals surface area contributed by atoms with Gasteiger partial charge >= 0.3 is 22.8 Å². The van der Waals surface area contributed by atoms with E-state index in [2.05, 4.69) is 41.5 Å². The van der Waals surface area contributed by atoms with E-state index in [0.29, 0.717) is 83.0 Å². The van der Waals surface area contributed by atoms with Crippen LogP contribution in [0.25, 0.3) is 95.1 Å². The van der Waals surface area contributed by atoms with Crippen LogP contribution >= 0.6 is 52.3 Å². The van der Waals surface area contributed by atoms with Crippen LogP contribution in [0, 0.1) is 0 Å². The van der Waals surface area contributed by atoms with Gasteiger partial charge in [0.1, 0.15) is 45.6 Å². The van der Waals surface area contributed by atoms with E-state index in [0.717, 1.165) is 66.5 Å². The van der Waals surface area contributed by atoms with Gasteiger partial charge in [0.15, 0.2) is 21.5 Å². The first kappa shape index (κ1) is 120. The fourth-order valence-electron chi connectivity index (χ4n) is 14.5. The van der Waals surface area contributed by atoms with E-state index in [-0.39, 0.29) is 127 Å². The van der Waals surface area contributed by atoms with E-state index in [4.69, 9.17) is 31.9 Å². The smallest absolute Gasteiger partial charge is 0.354 e. The minimum Gasteiger partial charge on any atom is -0.467 e. The molecule has 0 aliphatic carbocycles. The topological polar surface area (TPSA) is 509 Å². The summed E-state index contributed by atoms with van der Waals surface area (Å²) in [5.41, 5.74) is 11.4. The van der Waals surface area contributed by atoms with Crippen molar-refractivity contribution >= 4 is 147 Å². The fourth-order valence-corrected chi connectivity index (χ4v) is 21.2. The van der Waals surface area contributed by atoms with Crippen LogP contribution in [0.4, 0.5) is 0 Å². The van der Waals surface area contributed by atoms with Crippen molar-refractivity contribution in [2.75, 3.05) is 97.3 Å². The van der Waals surface area contributed by atoms with Crippen LogP contribution in [0.3, 0.4) is 0 Å². The lowest BCUT2D eigenvalue weighted by atomic mass is 10.2. The molecule has 147 heavy (non-hydrogen) atoms. The van der Waals surface area contributed by atoms with Gasteiger partial charge in [-0.25, -0.2) is 34.9 Å². The van der Waals surface area contributed by atoms with Crippen LogP contribution in [0.5, 0.6) is 0 Å². The molecule has 39 nitrogen and oxygen atoms in total. The molecule has 0 spiro atoms. The normalized spacial score (nSPS) is 13.5. The predicted molar refractivity (Wildman–Crippen MR) is 583 cm³/mol. The standard InChI is InChI=1S/C20H21N2O5P.C15H21N2O4P.C15H19N2O4P.C14H19N2O3P.2C12H15N2O3P.C12H13N2O3P.CH4/c1-15(16-8-4-3-5-9-16)26-14-27-28(24,25)13-12-18-20(23)22(2)19-11-7-6-10-17(19)21-18;2*1-4-20-22(19,21-5-2)11-10-13-15(18)17(3)14-9-7-6-8-12(14)16-13;1-4-19-20(3,18)10-9-12-14(17)16(2)13-8-6-5-7-11(13)15-12;3*1-14-11-6-4-3-5-9(11)13-10(12(14)15)7-8-18(2,16)17;/h3-11H,1,12-14H2,2H3,(H,24,25);6-9H,4-5,10-11H2,1-3H3;6-11H,4-5H2,1-3H3;5-8H,4,9-10H2,1-3H3;2*3-6H,7-8H2,1-2H3,(H,16,17);3-8H,1-2H3,(H,16,17);1H4/b;;11-10+;;;;8-7+;. The highest BCUT2D eigenvalue weighted by Crippen LogP contribution is 2.51. The molecule has 786 valence electrons. The van der Waals surface area contributed by atoms with Crippen molar-refractivity contribution in [1.82, 2.24) is 66.9 Å². The zero-order valence-electron chi connectivity index (χ0n) is 84.1. The Morgan fingerprint density at radius 3 is 0.850 bits per heavy atom. The molecule has 0 radical (unpaired) electrons. The highest BCUT2D eigenvalue weighted by atomic mass is 31.2. The van der Waals surface area contributed by atoms with Crippen LogP contribution in [-0.4, -0.2) is 184 Å². The van der Waals surface area contributed by atoms with Crippen molar-refractivity contribution in [3.05, 3.63) is 336 Å². The average Bonchev–Trinajstić information content (AvgIpc) is 0.830. The number of fused-ring (bicyclic) bond motifs is 7. The quantitative estimate of drug-likeness (QED) is 0.0165. The predicted octanol–water partition coefficient (Wildman–Crippen LogP) is 16.8. The van der Waals surface area contributed by atoms with Gasteiger partial charge in [-0.2, -0.15) is 0 Å². The molecule has 15 rings (SSSR count). The lowest BCUT2D eigenvalue weighted by Crippen LogP contribution is -2.24. The number of para-hydroxylation sites is 14. The second-order valence-corrected chi connectivity index (χ2v) is 49.4. The summed E-state index contributed by atoms with van der Waals surface area (Å²) >= 11 is 0. The van der Waals surface area contributed by atoms with Gasteiger partial charge in [0.2, 0.25) is 14.7 Å². The molecule has 8 aromatic carbocycles. The molecular weight excluding hydrogens is 2030 g/mol. The molecule has 5 unspecified atom stereocenters. The van der Waals surface area contributed by atoms with Crippen LogP contribution < -0.4 is 38.9 Å². The maximum Gasteiger partial charge on any atom is 0.354 e. The Labute approximate surface area is 849 Å². The summed E-state index contributed by atoms with van der Waals surface area (Å²) in [7, 11) is -10.9. The van der Waals surface area contributed by atoms with Crippen molar-refractivity contribution in [2.45, 2.75) is 74.1 Å². The summed E-state index contributed by atoms with van der Waals surface area (Å²) in [5.74, 6) is 2.75. The van der Waals surface area contributed by atoms with Crippen molar-refractivity contribution in [1.29, 1.82) is 0 Å². The summed E-state index contributed by atoms with van der Waals surface area (Å²) < 4.78 is 130. The molecule has 0 saturated carbocycles. The Morgan fingerprint density at radius 2 is 0.565 bits per heavy atom. The minimum atomic E-state index is -3.96. The average molecular weight is 2150 g/mol. The number of rotatable bonds is 34. The lowest BCUT2D eigenvalue weighted by molar-refractivity contribution is 0.0843. The second kappa shape index (κ2) is 54.8. The highest BCUT2D eigenvalue weighted by molar-refractivity contribution is 7.60. The van der Waals surface area contributed by atoms with Crippen molar-refractivity contribution in [2.24, 2.45) is 49.3 Å². The Kier molecular flexibility index (Phi) is 44.8. The molecule has 4 N–H and O–H groups in total. The third kappa shape index (κ3) is 35.1. The zero-order valence-corrected chi connectivity index (χ0v) is 90.4. The molecule has 0 aliphatic heterocycles. The molecule has 0 amide bonds. The van der Waals surface area contributed by atoms with Crippen LogP contribution in [0.2, 0.25) is 0 Å². The molecular formula is C101H127N14O25P7. The Balaban J connectivity index is 0.000000210. The van der Waals surface area contributed by atoms with Crippen molar-refractivity contribution in [3.63, 3.8) is 0 Å². The lowest BCUT2D eigenvalue weighted by Gasteiger charge is -2.16. The van der Waals surface area contributed by atoms with Crippen LogP contribution in [0.15, 0.2) is 252 Å². The van der Waals surface area contributed by atoms with E-state index >= 15 is 0 Å². The highest BCUT2D eigenvalue weighted by Gasteiger charge is 2.28. The molecule has 5 atom stereocenters. The van der Waals surface area contributed by atoms with Gasteiger partial charge in [-0.05, 0) is 132 Å². The molecule has 46 heteroatoms. The van der Waals surface area contributed by atoms with Crippen molar-refractivity contribution in [3.8, 4) is 0 Å². The SMILES string of the molecule is C.C=C(OCOP(=O)(O)CCc1nc2ccccc2n(C)c1=O)c1ccccc1.CCOP(=O)(/C=C/c1nc2ccccc2n(C)c1=O)OCC.CCOP(=O)(CCc1nc2ccccc2n(C)c1=O)OCC.CCOP(C)(=O)CCc1nc2ccccc2n(C)c1=O.Cn1c(=O)c(/C=C/P(C)(=O)O)nc2ccccc21.Cn1c(=O)c(CCP(C)(=O)O)nc2ccccc21.Cn1c(=O)c(CCP(C)(=O)O)nc2ccccc21. The summed E-state index contributed by atoms with van der Waals surface area (Å²) in [4.78, 5) is 153. The Morgan fingerprint density at radius 1 is 0.313 bits per heavy atom. The van der Waals surface area contributed by atoms with E-state index in [9.17, 15) is 85.1 Å². The third-order valence-electron chi connectivity index (χ3n) is 22.0. The van der Waals surface area contributed by atoms with Gasteiger partial charge in [-0.1, -0.05) is 129 Å². The molecule has 15 aromatic rings. The van der Waals surface area contributed by atoms with Crippen LogP contribution in [0.1, 0.15) is 87.5 Å². The minimum absolute atomic E-state index is 0.